The molecule has 0 fully saturated rings. The minimum Gasteiger partial charge on any atom is -0.494 e. The highest BCUT2D eigenvalue weighted by Gasteiger charge is 2.84. The van der Waals surface area contributed by atoms with E-state index in [9.17, 15) is 64.9 Å². The van der Waals surface area contributed by atoms with Gasteiger partial charge in [-0.05, 0) is 38.1 Å². The van der Waals surface area contributed by atoms with Crippen LogP contribution >= 0.6 is 0 Å². The number of alkyl halides is 8. The lowest BCUT2D eigenvalue weighted by molar-refractivity contribution is -0.384. The van der Waals surface area contributed by atoms with Crippen LogP contribution in [0.5, 0.6) is 11.5 Å². The molecule has 0 aromatic heterocycles. The molecule has 0 aliphatic carbocycles. The number of anilines is 2. The van der Waals surface area contributed by atoms with Crippen molar-refractivity contribution >= 4 is 34.6 Å². The maximum atomic E-state index is 14.4. The van der Waals surface area contributed by atoms with Crippen LogP contribution in [0.3, 0.4) is 0 Å². The van der Waals surface area contributed by atoms with Crippen molar-refractivity contribution in [3.63, 3.8) is 0 Å². The predicted octanol–water partition coefficient (Wildman–Crippen LogP) is 5.42. The molecule has 0 aliphatic heterocycles. The van der Waals surface area contributed by atoms with Crippen molar-refractivity contribution in [3.05, 3.63) is 56.6 Å². The molecule has 0 unspecified atom stereocenters. The molecule has 230 valence electrons. The van der Waals surface area contributed by atoms with E-state index in [-0.39, 0.29) is 24.7 Å². The Hall–Kier alpha value is -4.78. The van der Waals surface area contributed by atoms with Gasteiger partial charge in [-0.15, -0.1) is 0 Å². The Morgan fingerprint density at radius 1 is 0.690 bits per heavy atom. The first kappa shape index (κ1) is 33.4. The SMILES string of the molecule is CCOc1ccc(NC(=O)C(F)(F)C(F)(F)C(F)(F)C(F)(F)C(=O)Nc2ccc(OCC)cc2[N+](=O)[O-])c([N+](=O)[O-])c1. The standard InChI is InChI=1S/C22H18F8N4O8/c1-3-41-11-5-7-13(15(9-11)33(37)38)31-17(35)19(23,24)21(27,28)22(29,30)20(25,26)18(36)32-14-8-6-12(42-4-2)10-16(14)34(39)40/h5-10H,3-4H2,1-2H3,(H,31,35)(H,32,36). The lowest BCUT2D eigenvalue weighted by Gasteiger charge is -2.35. The average molecular weight is 618 g/mol. The minimum absolute atomic E-state index is 0.0457. The number of nitro benzene ring substituents is 2. The van der Waals surface area contributed by atoms with Gasteiger partial charge in [-0.25, -0.2) is 0 Å². The number of halogens is 8. The Morgan fingerprint density at radius 2 is 1.00 bits per heavy atom. The van der Waals surface area contributed by atoms with Gasteiger partial charge >= 0.3 is 35.5 Å². The van der Waals surface area contributed by atoms with Crippen molar-refractivity contribution in [2.75, 3.05) is 23.8 Å². The molecule has 0 radical (unpaired) electrons. The number of hydrogen-bond acceptors (Lipinski definition) is 8. The summed E-state index contributed by atoms with van der Waals surface area (Å²) in [7, 11) is 0. The van der Waals surface area contributed by atoms with E-state index in [1.54, 1.807) is 0 Å². The summed E-state index contributed by atoms with van der Waals surface area (Å²) in [6, 6.07) is 3.83. The number of amides is 2. The molecule has 0 bridgehead atoms. The summed E-state index contributed by atoms with van der Waals surface area (Å²) in [4.78, 5) is 43.7. The van der Waals surface area contributed by atoms with E-state index in [1.165, 1.54) is 13.8 Å². The van der Waals surface area contributed by atoms with Crippen molar-refractivity contribution in [1.82, 2.24) is 0 Å². The number of nitrogens with one attached hydrogen (secondary N) is 2. The third-order valence-electron chi connectivity index (χ3n) is 5.20. The summed E-state index contributed by atoms with van der Waals surface area (Å²) in [5.74, 6) is -35.3. The van der Waals surface area contributed by atoms with Crippen LogP contribution in [0.15, 0.2) is 36.4 Å². The number of nitro groups is 2. The highest BCUT2D eigenvalue weighted by molar-refractivity contribution is 6.01. The molecular weight excluding hydrogens is 600 g/mol. The van der Waals surface area contributed by atoms with Crippen molar-refractivity contribution < 1.29 is 64.0 Å². The maximum Gasteiger partial charge on any atom is 0.393 e. The topological polar surface area (TPSA) is 163 Å². The zero-order valence-electron chi connectivity index (χ0n) is 21.1. The van der Waals surface area contributed by atoms with Gasteiger partial charge in [0.05, 0.1) is 35.2 Å². The van der Waals surface area contributed by atoms with Crippen LogP contribution < -0.4 is 20.1 Å². The summed E-state index contributed by atoms with van der Waals surface area (Å²) in [5.41, 5.74) is -4.89. The fourth-order valence-corrected chi connectivity index (χ4v) is 3.13. The molecule has 2 aromatic carbocycles. The minimum atomic E-state index is -7.32. The first-order valence-electron chi connectivity index (χ1n) is 11.2. The number of benzene rings is 2. The van der Waals surface area contributed by atoms with Crippen LogP contribution in [0, 0.1) is 20.2 Å². The molecule has 2 rings (SSSR count). The smallest absolute Gasteiger partial charge is 0.393 e. The van der Waals surface area contributed by atoms with E-state index >= 15 is 0 Å². The lowest BCUT2D eigenvalue weighted by atomic mass is 9.97. The second kappa shape index (κ2) is 12.0. The molecule has 42 heavy (non-hydrogen) atoms. The normalized spacial score (nSPS) is 12.3. The summed E-state index contributed by atoms with van der Waals surface area (Å²) in [6.45, 7) is 2.80. The molecule has 0 heterocycles. The molecule has 12 nitrogen and oxygen atoms in total. The summed E-state index contributed by atoms with van der Waals surface area (Å²) in [6.07, 6.45) is 0. The monoisotopic (exact) mass is 618 g/mol. The number of hydrogen-bond donors (Lipinski definition) is 2. The van der Waals surface area contributed by atoms with Crippen LogP contribution in [-0.2, 0) is 9.59 Å². The van der Waals surface area contributed by atoms with Gasteiger partial charge in [-0.3, -0.25) is 29.8 Å². The Kier molecular flexibility index (Phi) is 9.54. The molecule has 0 atom stereocenters. The maximum absolute atomic E-state index is 14.4. The molecule has 20 heteroatoms. The molecule has 2 aromatic rings. The third-order valence-corrected chi connectivity index (χ3v) is 5.20. The number of carbonyl (C=O) groups is 2. The van der Waals surface area contributed by atoms with Gasteiger partial charge in [0.25, 0.3) is 11.4 Å². The quantitative estimate of drug-likeness (QED) is 0.171. The van der Waals surface area contributed by atoms with Crippen LogP contribution in [0.2, 0.25) is 0 Å². The van der Waals surface area contributed by atoms with Gasteiger partial charge in [-0.2, -0.15) is 35.1 Å². The van der Waals surface area contributed by atoms with E-state index in [2.05, 4.69) is 0 Å². The number of ether oxygens (including phenoxy) is 2. The van der Waals surface area contributed by atoms with Crippen molar-refractivity contribution in [2.24, 2.45) is 0 Å². The summed E-state index contributed by atoms with van der Waals surface area (Å²) in [5, 5.41) is 24.2. The molecule has 0 saturated carbocycles. The molecular formula is C22H18F8N4O8. The molecule has 0 saturated heterocycles. The predicted molar refractivity (Wildman–Crippen MR) is 126 cm³/mol. The third kappa shape index (κ3) is 6.10. The van der Waals surface area contributed by atoms with E-state index in [0.29, 0.717) is 24.3 Å². The fourth-order valence-electron chi connectivity index (χ4n) is 3.13. The van der Waals surface area contributed by atoms with E-state index in [1.807, 2.05) is 0 Å². The van der Waals surface area contributed by atoms with Crippen LogP contribution in [0.4, 0.5) is 57.9 Å². The lowest BCUT2D eigenvalue weighted by Crippen LogP contribution is -2.67. The molecule has 2 amide bonds. The number of nitrogens with zero attached hydrogens (tertiary/aromatic N) is 2. The van der Waals surface area contributed by atoms with E-state index in [0.717, 1.165) is 22.8 Å². The average Bonchev–Trinajstić information content (AvgIpc) is 2.89. The van der Waals surface area contributed by atoms with Gasteiger partial charge in [0.15, 0.2) is 0 Å². The Balaban J connectivity index is 2.42. The van der Waals surface area contributed by atoms with Crippen molar-refractivity contribution in [2.45, 2.75) is 37.5 Å². The Morgan fingerprint density at radius 3 is 1.26 bits per heavy atom. The highest BCUT2D eigenvalue weighted by Crippen LogP contribution is 2.53. The summed E-state index contributed by atoms with van der Waals surface area (Å²) < 4.78 is 125. The second-order valence-electron chi connectivity index (χ2n) is 7.94. The summed E-state index contributed by atoms with van der Waals surface area (Å²) >= 11 is 0. The van der Waals surface area contributed by atoms with Gasteiger partial charge in [0.1, 0.15) is 22.9 Å². The highest BCUT2D eigenvalue weighted by atomic mass is 19.4. The van der Waals surface area contributed by atoms with Crippen LogP contribution in [0.1, 0.15) is 13.8 Å². The van der Waals surface area contributed by atoms with Gasteiger partial charge in [0, 0.05) is 0 Å². The zero-order chi connectivity index (χ0) is 32.3. The Labute approximate surface area is 228 Å². The first-order chi connectivity index (χ1) is 19.3. The van der Waals surface area contributed by atoms with Gasteiger partial charge in [0.2, 0.25) is 0 Å². The van der Waals surface area contributed by atoms with Crippen LogP contribution in [-0.4, -0.2) is 58.6 Å². The van der Waals surface area contributed by atoms with Crippen LogP contribution in [0.25, 0.3) is 0 Å². The zero-order valence-corrected chi connectivity index (χ0v) is 21.1. The number of rotatable bonds is 13. The Bertz CT molecular complexity index is 1290. The van der Waals surface area contributed by atoms with E-state index in [4.69, 9.17) is 9.47 Å². The second-order valence-corrected chi connectivity index (χ2v) is 7.94. The van der Waals surface area contributed by atoms with Gasteiger partial charge in [-0.1, -0.05) is 0 Å². The molecule has 0 aliphatic rings. The van der Waals surface area contributed by atoms with E-state index < -0.39 is 68.1 Å². The van der Waals surface area contributed by atoms with Crippen molar-refractivity contribution in [1.29, 1.82) is 0 Å². The largest absolute Gasteiger partial charge is 0.494 e. The molecule has 0 spiro atoms. The fraction of sp³-hybridized carbons (Fsp3) is 0.364. The van der Waals surface area contributed by atoms with Crippen molar-refractivity contribution in [3.8, 4) is 11.5 Å². The molecule has 2 N–H and O–H groups in total. The number of carbonyl (C=O) groups excluding carboxylic acids is 2. The van der Waals surface area contributed by atoms with Gasteiger partial charge < -0.3 is 20.1 Å². The first-order valence-corrected chi connectivity index (χ1v) is 11.2.